The van der Waals surface area contributed by atoms with Crippen LogP contribution in [0.4, 0.5) is 8.78 Å². The smallest absolute Gasteiger partial charge is 0.176 e. The van der Waals surface area contributed by atoms with Crippen LogP contribution in [0, 0.1) is 11.6 Å². The fourth-order valence-corrected chi connectivity index (χ4v) is 2.23. The molecule has 106 valence electrons. The molecule has 0 aromatic heterocycles. The summed E-state index contributed by atoms with van der Waals surface area (Å²) in [6.45, 7) is 2.26. The molecular formula is C14H19F2NOS. The normalized spacial score (nSPS) is 12.7. The van der Waals surface area contributed by atoms with Crippen LogP contribution in [-0.2, 0) is 0 Å². The summed E-state index contributed by atoms with van der Waals surface area (Å²) >= 11 is 1.76. The monoisotopic (exact) mass is 287 g/mol. The van der Waals surface area contributed by atoms with Crippen LogP contribution in [0.5, 0.6) is 0 Å². The third-order valence-corrected chi connectivity index (χ3v) is 3.77. The van der Waals surface area contributed by atoms with E-state index in [2.05, 4.69) is 6.92 Å². The Balaban J connectivity index is 2.60. The molecule has 1 atom stereocenters. The minimum absolute atomic E-state index is 0.197. The minimum atomic E-state index is -0.982. The van der Waals surface area contributed by atoms with Crippen molar-refractivity contribution < 1.29 is 13.6 Å². The Bertz CT molecular complexity index is 439. The summed E-state index contributed by atoms with van der Waals surface area (Å²) in [5.41, 5.74) is 0.211. The molecule has 0 N–H and O–H groups in total. The summed E-state index contributed by atoms with van der Waals surface area (Å²) in [4.78, 5) is 13.9. The number of benzene rings is 1. The topological polar surface area (TPSA) is 20.3 Å². The quantitative estimate of drug-likeness (QED) is 0.718. The van der Waals surface area contributed by atoms with Crippen molar-refractivity contribution in [3.05, 3.63) is 35.4 Å². The van der Waals surface area contributed by atoms with E-state index in [4.69, 9.17) is 0 Å². The average Bonchev–Trinajstić information content (AvgIpc) is 2.38. The van der Waals surface area contributed by atoms with Gasteiger partial charge in [-0.1, -0.05) is 0 Å². The SMILES string of the molecule is CSCCC(C)N(C)CC(=O)c1ccc(F)c(F)c1. The number of hydrogen-bond acceptors (Lipinski definition) is 3. The molecule has 2 nitrogen and oxygen atoms in total. The molecule has 1 aromatic carbocycles. The van der Waals surface area contributed by atoms with Crippen molar-refractivity contribution in [2.24, 2.45) is 0 Å². The summed E-state index contributed by atoms with van der Waals surface area (Å²) in [6, 6.07) is 3.54. The molecule has 0 radical (unpaired) electrons. The van der Waals surface area contributed by atoms with E-state index in [1.807, 2.05) is 18.2 Å². The molecule has 5 heteroatoms. The van der Waals surface area contributed by atoms with Gasteiger partial charge in [-0.15, -0.1) is 0 Å². The van der Waals surface area contributed by atoms with Gasteiger partial charge in [0.2, 0.25) is 0 Å². The van der Waals surface area contributed by atoms with Crippen LogP contribution in [0.2, 0.25) is 0 Å². The largest absolute Gasteiger partial charge is 0.296 e. The molecule has 0 spiro atoms. The summed E-state index contributed by atoms with van der Waals surface area (Å²) < 4.78 is 25.9. The Labute approximate surface area is 117 Å². The first-order chi connectivity index (χ1) is 8.95. The van der Waals surface area contributed by atoms with Crippen molar-refractivity contribution in [2.75, 3.05) is 25.6 Å². The second-order valence-corrected chi connectivity index (χ2v) is 5.58. The van der Waals surface area contributed by atoms with Gasteiger partial charge in [-0.25, -0.2) is 8.78 Å². The van der Waals surface area contributed by atoms with Gasteiger partial charge in [-0.2, -0.15) is 11.8 Å². The van der Waals surface area contributed by atoms with Crippen molar-refractivity contribution >= 4 is 17.5 Å². The number of carbonyl (C=O) groups is 1. The zero-order valence-corrected chi connectivity index (χ0v) is 12.3. The molecular weight excluding hydrogens is 268 g/mol. The van der Waals surface area contributed by atoms with Crippen molar-refractivity contribution in [3.8, 4) is 0 Å². The molecule has 0 bridgehead atoms. The number of ketones is 1. The Morgan fingerprint density at radius 1 is 1.37 bits per heavy atom. The summed E-state index contributed by atoms with van der Waals surface area (Å²) in [7, 11) is 1.86. The van der Waals surface area contributed by atoms with Gasteiger partial charge in [0, 0.05) is 11.6 Å². The highest BCUT2D eigenvalue weighted by molar-refractivity contribution is 7.98. The van der Waals surface area contributed by atoms with Gasteiger partial charge >= 0.3 is 0 Å². The number of thioether (sulfide) groups is 1. The van der Waals surface area contributed by atoms with E-state index < -0.39 is 11.6 Å². The Morgan fingerprint density at radius 2 is 2.05 bits per heavy atom. The van der Waals surface area contributed by atoms with Crippen LogP contribution in [-0.4, -0.2) is 42.3 Å². The number of carbonyl (C=O) groups excluding carboxylic acids is 1. The number of hydrogen-bond donors (Lipinski definition) is 0. The van der Waals surface area contributed by atoms with Gasteiger partial charge < -0.3 is 0 Å². The zero-order valence-electron chi connectivity index (χ0n) is 11.5. The van der Waals surface area contributed by atoms with E-state index in [0.717, 1.165) is 24.3 Å². The molecule has 0 aliphatic heterocycles. The number of halogens is 2. The predicted molar refractivity (Wildman–Crippen MR) is 75.8 cm³/mol. The van der Waals surface area contributed by atoms with E-state index in [1.165, 1.54) is 6.07 Å². The first-order valence-electron chi connectivity index (χ1n) is 6.13. The van der Waals surface area contributed by atoms with E-state index in [9.17, 15) is 13.6 Å². The molecule has 1 unspecified atom stereocenters. The van der Waals surface area contributed by atoms with Crippen LogP contribution < -0.4 is 0 Å². The molecule has 0 aliphatic carbocycles. The van der Waals surface area contributed by atoms with Crippen LogP contribution in [0.25, 0.3) is 0 Å². The number of Topliss-reactive ketones (excluding diaryl/α,β-unsaturated/α-hetero) is 1. The fourth-order valence-electron chi connectivity index (χ4n) is 1.65. The molecule has 0 saturated heterocycles. The van der Waals surface area contributed by atoms with Crippen molar-refractivity contribution in [2.45, 2.75) is 19.4 Å². The van der Waals surface area contributed by atoms with Crippen molar-refractivity contribution in [3.63, 3.8) is 0 Å². The third kappa shape index (κ3) is 4.91. The van der Waals surface area contributed by atoms with E-state index >= 15 is 0 Å². The number of rotatable bonds is 7. The van der Waals surface area contributed by atoms with Crippen LogP contribution in [0.1, 0.15) is 23.7 Å². The van der Waals surface area contributed by atoms with Gasteiger partial charge in [-0.3, -0.25) is 9.69 Å². The van der Waals surface area contributed by atoms with Crippen molar-refractivity contribution in [1.29, 1.82) is 0 Å². The predicted octanol–water partition coefficient (Wildman–Crippen LogP) is 3.22. The lowest BCUT2D eigenvalue weighted by Crippen LogP contribution is -2.34. The van der Waals surface area contributed by atoms with Crippen LogP contribution in [0.3, 0.4) is 0 Å². The Hall–Kier alpha value is -0.940. The number of likely N-dealkylation sites (N-methyl/N-ethyl adjacent to an activating group) is 1. The lowest BCUT2D eigenvalue weighted by molar-refractivity contribution is 0.0923. The molecule has 0 saturated carbocycles. The zero-order chi connectivity index (χ0) is 14.4. The highest BCUT2D eigenvalue weighted by atomic mass is 32.2. The second-order valence-electron chi connectivity index (χ2n) is 4.60. The summed E-state index contributed by atoms with van der Waals surface area (Å²) in [5.74, 6) is -1.08. The average molecular weight is 287 g/mol. The van der Waals surface area contributed by atoms with Crippen molar-refractivity contribution in [1.82, 2.24) is 4.90 Å². The first-order valence-corrected chi connectivity index (χ1v) is 7.52. The van der Waals surface area contributed by atoms with E-state index in [1.54, 1.807) is 11.8 Å². The fraction of sp³-hybridized carbons (Fsp3) is 0.500. The molecule has 0 heterocycles. The van der Waals surface area contributed by atoms with E-state index in [-0.39, 0.29) is 23.9 Å². The molecule has 1 aromatic rings. The Kier molecular flexibility index (Phi) is 6.45. The van der Waals surface area contributed by atoms with E-state index in [0.29, 0.717) is 0 Å². The molecule has 0 amide bonds. The summed E-state index contributed by atoms with van der Waals surface area (Å²) in [5, 5.41) is 0. The maximum absolute atomic E-state index is 13.1. The van der Waals surface area contributed by atoms with Gasteiger partial charge in [-0.05, 0) is 50.6 Å². The van der Waals surface area contributed by atoms with Gasteiger partial charge in [0.15, 0.2) is 17.4 Å². The lowest BCUT2D eigenvalue weighted by Gasteiger charge is -2.23. The molecule has 1 rings (SSSR count). The first kappa shape index (κ1) is 16.1. The minimum Gasteiger partial charge on any atom is -0.296 e. The van der Waals surface area contributed by atoms with Gasteiger partial charge in [0.1, 0.15) is 0 Å². The van der Waals surface area contributed by atoms with Gasteiger partial charge in [0.25, 0.3) is 0 Å². The molecule has 0 fully saturated rings. The molecule has 0 aliphatic rings. The maximum Gasteiger partial charge on any atom is 0.176 e. The Morgan fingerprint density at radius 3 is 2.63 bits per heavy atom. The highest BCUT2D eigenvalue weighted by Crippen LogP contribution is 2.11. The highest BCUT2D eigenvalue weighted by Gasteiger charge is 2.15. The van der Waals surface area contributed by atoms with Gasteiger partial charge in [0.05, 0.1) is 6.54 Å². The molecule has 19 heavy (non-hydrogen) atoms. The lowest BCUT2D eigenvalue weighted by atomic mass is 10.1. The van der Waals surface area contributed by atoms with Crippen LogP contribution in [0.15, 0.2) is 18.2 Å². The van der Waals surface area contributed by atoms with Crippen LogP contribution >= 0.6 is 11.8 Å². The standard InChI is InChI=1S/C14H19F2NOS/c1-10(6-7-19-3)17(2)9-14(18)11-4-5-12(15)13(16)8-11/h4-5,8,10H,6-7,9H2,1-3H3. The second kappa shape index (κ2) is 7.60. The third-order valence-electron chi connectivity index (χ3n) is 3.13. The summed E-state index contributed by atoms with van der Waals surface area (Å²) in [6.07, 6.45) is 3.03. The maximum atomic E-state index is 13.1. The number of nitrogens with zero attached hydrogens (tertiary/aromatic N) is 1.